The van der Waals surface area contributed by atoms with Gasteiger partial charge in [-0.15, -0.1) is 0 Å². The first kappa shape index (κ1) is 8.71. The molecule has 1 aromatic carbocycles. The monoisotopic (exact) mass is 195 g/mol. The van der Waals surface area contributed by atoms with E-state index in [1.54, 1.807) is 6.07 Å². The Bertz CT molecular complexity index is 492. The highest BCUT2D eigenvalue weighted by molar-refractivity contribution is 5.95. The average molecular weight is 195 g/mol. The van der Waals surface area contributed by atoms with E-state index in [0.29, 0.717) is 5.39 Å². The zero-order valence-electron chi connectivity index (χ0n) is 6.95. The van der Waals surface area contributed by atoms with Crippen molar-refractivity contribution < 1.29 is 18.8 Å². The Labute approximate surface area is 77.9 Å². The van der Waals surface area contributed by atoms with Gasteiger partial charge in [0, 0.05) is 5.39 Å². The summed E-state index contributed by atoms with van der Waals surface area (Å²) in [4.78, 5) is 10.9. The van der Waals surface area contributed by atoms with Gasteiger partial charge < -0.3 is 4.42 Å². The maximum atomic E-state index is 13.1. The molecule has 0 aliphatic carbocycles. The van der Waals surface area contributed by atoms with Crippen LogP contribution in [0.1, 0.15) is 10.6 Å². The van der Waals surface area contributed by atoms with E-state index in [1.165, 1.54) is 23.7 Å². The van der Waals surface area contributed by atoms with Crippen LogP contribution < -0.4 is 5.48 Å². The summed E-state index contributed by atoms with van der Waals surface area (Å²) in [6, 6.07) is 5.69. The Kier molecular flexibility index (Phi) is 1.94. The van der Waals surface area contributed by atoms with Crippen molar-refractivity contribution in [3.8, 4) is 0 Å². The highest BCUT2D eigenvalue weighted by atomic mass is 19.1. The quantitative estimate of drug-likeness (QED) is 0.537. The molecule has 0 saturated heterocycles. The predicted molar refractivity (Wildman–Crippen MR) is 45.4 cm³/mol. The first-order chi connectivity index (χ1) is 6.72. The molecule has 0 fully saturated rings. The number of carbonyl (C=O) groups is 1. The van der Waals surface area contributed by atoms with Crippen LogP contribution >= 0.6 is 0 Å². The van der Waals surface area contributed by atoms with Gasteiger partial charge in [0.15, 0.2) is 17.2 Å². The molecular formula is C9H6FNO3. The zero-order valence-corrected chi connectivity index (χ0v) is 6.95. The average Bonchev–Trinajstić information content (AvgIpc) is 2.62. The molecule has 0 spiro atoms. The zero-order chi connectivity index (χ0) is 10.1. The van der Waals surface area contributed by atoms with Crippen LogP contribution in [-0.4, -0.2) is 11.1 Å². The molecule has 72 valence electrons. The van der Waals surface area contributed by atoms with E-state index in [0.717, 1.165) is 0 Å². The molecule has 0 aliphatic rings. The van der Waals surface area contributed by atoms with Crippen molar-refractivity contribution in [1.82, 2.24) is 5.48 Å². The molecule has 4 nitrogen and oxygen atoms in total. The van der Waals surface area contributed by atoms with Gasteiger partial charge in [0.2, 0.25) is 0 Å². The molecule has 0 aliphatic heterocycles. The lowest BCUT2D eigenvalue weighted by Crippen LogP contribution is -2.17. The van der Waals surface area contributed by atoms with Crippen LogP contribution in [0.3, 0.4) is 0 Å². The number of hydroxylamine groups is 1. The number of fused-ring (bicyclic) bond motifs is 1. The van der Waals surface area contributed by atoms with Crippen LogP contribution in [0.2, 0.25) is 0 Å². The van der Waals surface area contributed by atoms with Gasteiger partial charge in [0.25, 0.3) is 0 Å². The Morgan fingerprint density at radius 3 is 2.93 bits per heavy atom. The minimum absolute atomic E-state index is 0.00565. The lowest BCUT2D eigenvalue weighted by atomic mass is 10.2. The third kappa shape index (κ3) is 1.23. The van der Waals surface area contributed by atoms with Crippen molar-refractivity contribution in [2.45, 2.75) is 0 Å². The third-order valence-corrected chi connectivity index (χ3v) is 1.82. The van der Waals surface area contributed by atoms with Crippen LogP contribution in [0, 0.1) is 5.82 Å². The molecular weight excluding hydrogens is 189 g/mol. The normalized spacial score (nSPS) is 10.4. The minimum atomic E-state index is -0.805. The molecule has 0 unspecified atom stereocenters. The second-order valence-electron chi connectivity index (χ2n) is 2.71. The third-order valence-electron chi connectivity index (χ3n) is 1.82. The first-order valence-electron chi connectivity index (χ1n) is 3.85. The van der Waals surface area contributed by atoms with Crippen LogP contribution in [0.15, 0.2) is 28.7 Å². The number of halogens is 1. The Morgan fingerprint density at radius 1 is 1.50 bits per heavy atom. The van der Waals surface area contributed by atoms with E-state index < -0.39 is 11.7 Å². The van der Waals surface area contributed by atoms with E-state index in [4.69, 9.17) is 9.62 Å². The Balaban J connectivity index is 2.62. The van der Waals surface area contributed by atoms with E-state index in [2.05, 4.69) is 0 Å². The standard InChI is InChI=1S/C9H6FNO3/c10-6-3-1-2-5-4-7(9(12)11-13)14-8(5)6/h1-4,13H,(H,11,12). The summed E-state index contributed by atoms with van der Waals surface area (Å²) in [5, 5.41) is 8.80. The fraction of sp³-hybridized carbons (Fsp3) is 0. The minimum Gasteiger partial charge on any atom is -0.448 e. The highest BCUT2D eigenvalue weighted by Gasteiger charge is 2.13. The summed E-state index contributed by atoms with van der Waals surface area (Å²) in [7, 11) is 0. The van der Waals surface area contributed by atoms with Gasteiger partial charge in [-0.2, -0.15) is 0 Å². The number of amides is 1. The summed E-state index contributed by atoms with van der Waals surface area (Å²) in [6.07, 6.45) is 0. The van der Waals surface area contributed by atoms with Crippen molar-refractivity contribution in [3.05, 3.63) is 35.8 Å². The SMILES string of the molecule is O=C(NO)c1cc2cccc(F)c2o1. The Morgan fingerprint density at radius 2 is 2.29 bits per heavy atom. The van der Waals surface area contributed by atoms with E-state index in [-0.39, 0.29) is 11.3 Å². The molecule has 14 heavy (non-hydrogen) atoms. The smallest absolute Gasteiger partial charge is 0.310 e. The van der Waals surface area contributed by atoms with Crippen molar-refractivity contribution in [2.75, 3.05) is 0 Å². The summed E-state index contributed by atoms with van der Waals surface area (Å²) < 4.78 is 18.0. The van der Waals surface area contributed by atoms with Gasteiger partial charge >= 0.3 is 5.91 Å². The van der Waals surface area contributed by atoms with Crippen molar-refractivity contribution in [2.24, 2.45) is 0 Å². The van der Waals surface area contributed by atoms with Crippen molar-refractivity contribution in [3.63, 3.8) is 0 Å². The molecule has 0 saturated carbocycles. The van der Waals surface area contributed by atoms with Gasteiger partial charge in [-0.05, 0) is 12.1 Å². The van der Waals surface area contributed by atoms with Crippen LogP contribution in [0.4, 0.5) is 4.39 Å². The fourth-order valence-electron chi connectivity index (χ4n) is 1.19. The van der Waals surface area contributed by atoms with Crippen molar-refractivity contribution >= 4 is 16.9 Å². The molecule has 2 N–H and O–H groups in total. The van der Waals surface area contributed by atoms with Gasteiger partial charge in [-0.3, -0.25) is 10.0 Å². The number of nitrogens with one attached hydrogen (secondary N) is 1. The molecule has 0 radical (unpaired) electrons. The lowest BCUT2D eigenvalue weighted by Gasteiger charge is -1.90. The Hall–Kier alpha value is -1.88. The second-order valence-corrected chi connectivity index (χ2v) is 2.71. The maximum Gasteiger partial charge on any atom is 0.310 e. The molecule has 0 bridgehead atoms. The topological polar surface area (TPSA) is 62.5 Å². The lowest BCUT2D eigenvalue weighted by molar-refractivity contribution is 0.0678. The highest BCUT2D eigenvalue weighted by Crippen LogP contribution is 2.21. The van der Waals surface area contributed by atoms with E-state index in [1.807, 2.05) is 0 Å². The number of furan rings is 1. The van der Waals surface area contributed by atoms with Crippen LogP contribution in [0.25, 0.3) is 11.0 Å². The summed E-state index contributed by atoms with van der Waals surface area (Å²) >= 11 is 0. The second kappa shape index (κ2) is 3.12. The number of carbonyl (C=O) groups excluding carboxylic acids is 1. The maximum absolute atomic E-state index is 13.1. The summed E-state index contributed by atoms with van der Waals surface area (Å²) in [6.45, 7) is 0. The fourth-order valence-corrected chi connectivity index (χ4v) is 1.19. The number of para-hydroxylation sites is 1. The van der Waals surface area contributed by atoms with Gasteiger partial charge in [0.05, 0.1) is 0 Å². The first-order valence-corrected chi connectivity index (χ1v) is 3.85. The predicted octanol–water partition coefficient (Wildman–Crippen LogP) is 1.69. The van der Waals surface area contributed by atoms with Crippen LogP contribution in [-0.2, 0) is 0 Å². The number of hydrogen-bond acceptors (Lipinski definition) is 3. The van der Waals surface area contributed by atoms with Crippen molar-refractivity contribution in [1.29, 1.82) is 0 Å². The van der Waals surface area contributed by atoms with Gasteiger partial charge in [-0.25, -0.2) is 9.87 Å². The molecule has 1 amide bonds. The number of benzene rings is 1. The summed E-state index contributed by atoms with van der Waals surface area (Å²) in [5.41, 5.74) is 1.41. The molecule has 2 aromatic rings. The molecule has 1 heterocycles. The molecule has 2 rings (SSSR count). The molecule has 0 atom stereocenters. The van der Waals surface area contributed by atoms with Gasteiger partial charge in [-0.1, -0.05) is 12.1 Å². The number of hydrogen-bond donors (Lipinski definition) is 2. The molecule has 1 aromatic heterocycles. The van der Waals surface area contributed by atoms with E-state index in [9.17, 15) is 9.18 Å². The largest absolute Gasteiger partial charge is 0.448 e. The summed E-state index contributed by atoms with van der Waals surface area (Å²) in [5.74, 6) is -1.48. The van der Waals surface area contributed by atoms with E-state index >= 15 is 0 Å². The number of rotatable bonds is 1. The van der Waals surface area contributed by atoms with Crippen LogP contribution in [0.5, 0.6) is 0 Å². The molecule has 5 heteroatoms. The van der Waals surface area contributed by atoms with Gasteiger partial charge in [0.1, 0.15) is 0 Å².